The molecule has 2 fully saturated rings. The van der Waals surface area contributed by atoms with Crippen LogP contribution < -0.4 is 16.0 Å². The lowest BCUT2D eigenvalue weighted by Crippen LogP contribution is -2.57. The molecule has 0 heterocycles. The number of hydrogen-bond donors (Lipinski definition) is 5. The summed E-state index contributed by atoms with van der Waals surface area (Å²) in [6, 6.07) is 3.27. The molecule has 2 aromatic carbocycles. The molecular weight excluding hydrogens is 619 g/mol. The lowest BCUT2D eigenvalue weighted by molar-refractivity contribution is -0.127. The maximum Gasteiger partial charge on any atom is 0.407 e. The monoisotopic (exact) mass is 647 g/mol. The number of sulfone groups is 1. The van der Waals surface area contributed by atoms with Gasteiger partial charge in [-0.2, -0.15) is 0 Å². The number of alkyl carbamates (subject to hydrolysis) is 1. The van der Waals surface area contributed by atoms with Crippen LogP contribution in [0.1, 0.15) is 36.0 Å². The van der Waals surface area contributed by atoms with Gasteiger partial charge in [0.2, 0.25) is 5.91 Å². The van der Waals surface area contributed by atoms with Gasteiger partial charge in [-0.3, -0.25) is 9.59 Å². The smallest absolute Gasteiger partial charge is 0.407 e. The molecule has 2 unspecified atom stereocenters. The van der Waals surface area contributed by atoms with Gasteiger partial charge < -0.3 is 30.9 Å². The van der Waals surface area contributed by atoms with Gasteiger partial charge in [0.25, 0.3) is 5.91 Å². The second kappa shape index (κ2) is 12.7. The molecule has 2 saturated carbocycles. The molecular formula is C27H29ClF3N3O8S. The van der Waals surface area contributed by atoms with Crippen LogP contribution in [-0.2, 0) is 19.4 Å². The summed E-state index contributed by atoms with van der Waals surface area (Å²) in [4.78, 5) is 36.3. The van der Waals surface area contributed by atoms with Crippen molar-refractivity contribution in [3.05, 3.63) is 58.4 Å². The van der Waals surface area contributed by atoms with Crippen molar-refractivity contribution in [2.24, 2.45) is 11.8 Å². The van der Waals surface area contributed by atoms with E-state index in [-0.39, 0.29) is 40.6 Å². The molecule has 3 amide bonds. The second-order valence-electron chi connectivity index (χ2n) is 10.5. The number of carbonyl (C=O) groups excluding carboxylic acids is 3. The fourth-order valence-electron chi connectivity index (χ4n) is 5.77. The molecule has 2 aliphatic rings. The number of benzene rings is 2. The SMILES string of the molecule is COC(=O)N[C@@H](CO)C(=O)NCC1(O)C2CCC1CC(S(=O)(=O)c1cc(C(=O)Nc3cc(F)c(F)c(F)c3)ccc1Cl)C2. The maximum atomic E-state index is 13.7. The summed E-state index contributed by atoms with van der Waals surface area (Å²) in [7, 11) is -3.07. The van der Waals surface area contributed by atoms with Crippen molar-refractivity contribution in [2.75, 3.05) is 25.6 Å². The molecule has 4 rings (SSSR count). The first-order chi connectivity index (χ1) is 20.2. The quantitative estimate of drug-likeness (QED) is 0.259. The summed E-state index contributed by atoms with van der Waals surface area (Å²) in [5, 5.41) is 26.6. The molecule has 2 bridgehead atoms. The van der Waals surface area contributed by atoms with E-state index in [0.717, 1.165) is 13.2 Å². The third kappa shape index (κ3) is 6.59. The number of carbonyl (C=O) groups is 3. The number of halogens is 4. The molecule has 0 aromatic heterocycles. The van der Waals surface area contributed by atoms with Crippen molar-refractivity contribution in [3.63, 3.8) is 0 Å². The molecule has 43 heavy (non-hydrogen) atoms. The van der Waals surface area contributed by atoms with Gasteiger partial charge in [0.1, 0.15) is 6.04 Å². The number of amides is 3. The minimum Gasteiger partial charge on any atom is -0.453 e. The number of rotatable bonds is 9. The van der Waals surface area contributed by atoms with Crippen LogP contribution in [0.3, 0.4) is 0 Å². The van der Waals surface area contributed by atoms with Crippen molar-refractivity contribution in [1.82, 2.24) is 10.6 Å². The third-order valence-electron chi connectivity index (χ3n) is 8.08. The largest absolute Gasteiger partial charge is 0.453 e. The lowest BCUT2D eigenvalue weighted by atomic mass is 9.74. The lowest BCUT2D eigenvalue weighted by Gasteiger charge is -2.42. The van der Waals surface area contributed by atoms with Gasteiger partial charge in [-0.25, -0.2) is 26.4 Å². The van der Waals surface area contributed by atoms with E-state index in [0.29, 0.717) is 25.0 Å². The van der Waals surface area contributed by atoms with Crippen LogP contribution in [0.5, 0.6) is 0 Å². The highest BCUT2D eigenvalue weighted by Crippen LogP contribution is 2.52. The van der Waals surface area contributed by atoms with Gasteiger partial charge in [0, 0.05) is 29.9 Å². The molecule has 3 atom stereocenters. The van der Waals surface area contributed by atoms with Gasteiger partial charge >= 0.3 is 6.09 Å². The van der Waals surface area contributed by atoms with Crippen LogP contribution in [0, 0.1) is 29.3 Å². The van der Waals surface area contributed by atoms with E-state index in [1.165, 1.54) is 12.1 Å². The molecule has 0 radical (unpaired) electrons. The Morgan fingerprint density at radius 3 is 2.26 bits per heavy atom. The zero-order valence-corrected chi connectivity index (χ0v) is 24.3. The average Bonchev–Trinajstić information content (AvgIpc) is 3.12. The fraction of sp³-hybridized carbons (Fsp3) is 0.444. The topological polar surface area (TPSA) is 171 Å². The minimum atomic E-state index is -4.16. The Morgan fingerprint density at radius 1 is 1.09 bits per heavy atom. The Bertz CT molecular complexity index is 1510. The van der Waals surface area contributed by atoms with Crippen LogP contribution in [0.15, 0.2) is 35.2 Å². The number of ether oxygens (including phenoxy) is 1. The number of nitrogens with one attached hydrogen (secondary N) is 3. The van der Waals surface area contributed by atoms with E-state index < -0.39 is 80.5 Å². The highest BCUT2D eigenvalue weighted by atomic mass is 35.5. The van der Waals surface area contributed by atoms with E-state index in [1.807, 2.05) is 0 Å². The molecule has 2 aliphatic carbocycles. The number of aliphatic hydroxyl groups excluding tert-OH is 1. The second-order valence-corrected chi connectivity index (χ2v) is 13.1. The standard InChI is InChI=1S/C27H29ClF3N3O8S/c1-42-26(38)34-21(11-35)25(37)32-12-27(39)14-3-4-15(27)8-17(7-14)43(40,41)22-6-13(2-5-18(22)28)24(36)33-16-9-19(29)23(31)20(30)10-16/h2,5-6,9-10,14-15,17,21,35,39H,3-4,7-8,11-12H2,1H3,(H,32,37)(H,33,36)(H,34,38)/t14?,15?,17?,21-,27?/m0/s1. The molecule has 0 spiro atoms. The van der Waals surface area contributed by atoms with Gasteiger partial charge in [-0.1, -0.05) is 11.6 Å². The number of hydrogen-bond acceptors (Lipinski definition) is 8. The maximum absolute atomic E-state index is 13.7. The Labute approximate surface area is 249 Å². The molecule has 16 heteroatoms. The Morgan fingerprint density at radius 2 is 1.70 bits per heavy atom. The summed E-state index contributed by atoms with van der Waals surface area (Å²) < 4.78 is 72.3. The van der Waals surface area contributed by atoms with E-state index >= 15 is 0 Å². The van der Waals surface area contributed by atoms with Crippen molar-refractivity contribution in [1.29, 1.82) is 0 Å². The summed E-state index contributed by atoms with van der Waals surface area (Å²) in [6.07, 6.45) is 0.0743. The number of fused-ring (bicyclic) bond motifs is 2. The van der Waals surface area contributed by atoms with E-state index in [9.17, 15) is 46.2 Å². The van der Waals surface area contributed by atoms with Crippen LogP contribution >= 0.6 is 11.6 Å². The first-order valence-corrected chi connectivity index (χ1v) is 15.1. The predicted molar refractivity (Wildman–Crippen MR) is 147 cm³/mol. The molecule has 234 valence electrons. The van der Waals surface area contributed by atoms with Crippen molar-refractivity contribution in [3.8, 4) is 0 Å². The zero-order valence-electron chi connectivity index (χ0n) is 22.7. The molecule has 11 nitrogen and oxygen atoms in total. The Balaban J connectivity index is 1.48. The highest BCUT2D eigenvalue weighted by molar-refractivity contribution is 7.92. The number of methoxy groups -OCH3 is 1. The van der Waals surface area contributed by atoms with Gasteiger partial charge in [0.15, 0.2) is 27.3 Å². The Kier molecular flexibility index (Phi) is 9.59. The summed E-state index contributed by atoms with van der Waals surface area (Å²) in [5.74, 6) is -7.49. The first-order valence-electron chi connectivity index (χ1n) is 13.2. The zero-order chi connectivity index (χ0) is 31.7. The van der Waals surface area contributed by atoms with Crippen LogP contribution in [0.4, 0.5) is 23.7 Å². The molecule has 0 saturated heterocycles. The first kappa shape index (κ1) is 32.5. The third-order valence-corrected chi connectivity index (χ3v) is 10.7. The summed E-state index contributed by atoms with van der Waals surface area (Å²) in [6.45, 7) is -0.962. The molecule has 0 aliphatic heterocycles. The summed E-state index contributed by atoms with van der Waals surface area (Å²) in [5.41, 5.74) is -2.02. The normalized spacial score (nSPS) is 23.7. The van der Waals surface area contributed by atoms with Crippen molar-refractivity contribution < 1.29 is 50.9 Å². The van der Waals surface area contributed by atoms with Crippen molar-refractivity contribution >= 4 is 45.0 Å². The minimum absolute atomic E-state index is 0.0237. The number of anilines is 1. The van der Waals surface area contributed by atoms with Crippen LogP contribution in [0.2, 0.25) is 5.02 Å². The molecule has 5 N–H and O–H groups in total. The Hall–Kier alpha value is -3.40. The van der Waals surface area contributed by atoms with Gasteiger partial charge in [0.05, 0.1) is 34.5 Å². The highest BCUT2D eigenvalue weighted by Gasteiger charge is 2.55. The molecule has 2 aromatic rings. The number of aliphatic hydroxyl groups is 2. The van der Waals surface area contributed by atoms with E-state index in [4.69, 9.17) is 11.6 Å². The fourth-order valence-corrected chi connectivity index (χ4v) is 8.17. The van der Waals surface area contributed by atoms with Crippen LogP contribution in [-0.4, -0.2) is 73.7 Å². The summed E-state index contributed by atoms with van der Waals surface area (Å²) >= 11 is 6.23. The van der Waals surface area contributed by atoms with Gasteiger partial charge in [-0.05, 0) is 55.7 Å². The predicted octanol–water partition coefficient (Wildman–Crippen LogP) is 2.54. The average molecular weight is 648 g/mol. The van der Waals surface area contributed by atoms with Gasteiger partial charge in [-0.15, -0.1) is 0 Å². The van der Waals surface area contributed by atoms with E-state index in [1.54, 1.807) is 0 Å². The van der Waals surface area contributed by atoms with Crippen molar-refractivity contribution in [2.45, 2.75) is 47.5 Å². The van der Waals surface area contributed by atoms with Crippen LogP contribution in [0.25, 0.3) is 0 Å². The van der Waals surface area contributed by atoms with E-state index in [2.05, 4.69) is 20.7 Å².